The second-order valence-corrected chi connectivity index (χ2v) is 9.94. The van der Waals surface area contributed by atoms with Crippen molar-refractivity contribution in [2.24, 2.45) is 0 Å². The molecule has 4 aromatic rings. The van der Waals surface area contributed by atoms with Gasteiger partial charge in [0.2, 0.25) is 0 Å². The fourth-order valence-corrected chi connectivity index (χ4v) is 4.64. The molecule has 0 aliphatic heterocycles. The molecule has 1 aromatic heterocycles. The summed E-state index contributed by atoms with van der Waals surface area (Å²) < 4.78 is 50.5. The highest BCUT2D eigenvalue weighted by Crippen LogP contribution is 2.34. The number of anilines is 1. The van der Waals surface area contributed by atoms with E-state index in [9.17, 15) is 23.2 Å². The number of thiazole rings is 1. The maximum Gasteiger partial charge on any atom is 0.416 e. The minimum Gasteiger partial charge on any atom is -0.493 e. The summed E-state index contributed by atoms with van der Waals surface area (Å²) in [6.07, 6.45) is -1.57. The highest BCUT2D eigenvalue weighted by atomic mass is 35.5. The second kappa shape index (κ2) is 12.7. The Balaban J connectivity index is 1.44. The minimum absolute atomic E-state index is 0.0930. The maximum absolute atomic E-state index is 13.1. The third kappa shape index (κ3) is 7.40. The lowest BCUT2D eigenvalue weighted by molar-refractivity contribution is -0.137. The number of hydrogen-bond donors (Lipinski definition) is 1. The molecule has 0 spiro atoms. The number of carbonyl (C=O) groups excluding carboxylic acids is 1. The number of nitrogens with one attached hydrogen (secondary N) is 1. The number of carbonyl (C=O) groups is 1. The van der Waals surface area contributed by atoms with Gasteiger partial charge in [0, 0.05) is 22.5 Å². The Morgan fingerprint density at radius 3 is 2.60 bits per heavy atom. The summed E-state index contributed by atoms with van der Waals surface area (Å²) in [5.74, 6) is 0.242. The molecule has 3 aromatic carbocycles. The molecular weight excluding hydrogens is 563 g/mol. The lowest BCUT2D eigenvalue weighted by Gasteiger charge is -2.11. The Morgan fingerprint density at radius 2 is 1.90 bits per heavy atom. The van der Waals surface area contributed by atoms with Crippen LogP contribution in [0.3, 0.4) is 0 Å². The van der Waals surface area contributed by atoms with Crippen molar-refractivity contribution in [3.8, 4) is 17.6 Å². The Hall–Kier alpha value is -4.33. The first-order valence-corrected chi connectivity index (χ1v) is 12.9. The van der Waals surface area contributed by atoms with Gasteiger partial charge in [0.25, 0.3) is 5.91 Å². The fourth-order valence-electron chi connectivity index (χ4n) is 3.63. The molecule has 0 radical (unpaired) electrons. The van der Waals surface area contributed by atoms with Crippen LogP contribution in [-0.2, 0) is 24.0 Å². The number of alkyl halides is 3. The van der Waals surface area contributed by atoms with Crippen LogP contribution >= 0.6 is 22.9 Å². The number of hydrogen-bond acceptors (Lipinski definition) is 6. The molecule has 0 fully saturated rings. The van der Waals surface area contributed by atoms with E-state index >= 15 is 0 Å². The Labute approximate surface area is 237 Å². The van der Waals surface area contributed by atoms with E-state index in [1.165, 1.54) is 25.4 Å². The van der Waals surface area contributed by atoms with Gasteiger partial charge in [0.05, 0.1) is 12.7 Å². The van der Waals surface area contributed by atoms with Crippen LogP contribution in [0, 0.1) is 11.3 Å². The number of benzene rings is 3. The minimum atomic E-state index is -4.49. The smallest absolute Gasteiger partial charge is 0.416 e. The van der Waals surface area contributed by atoms with Gasteiger partial charge in [-0.25, -0.2) is 4.98 Å². The Morgan fingerprint density at radius 1 is 1.12 bits per heavy atom. The first kappa shape index (κ1) is 28.7. The van der Waals surface area contributed by atoms with Gasteiger partial charge >= 0.3 is 6.18 Å². The van der Waals surface area contributed by atoms with Crippen molar-refractivity contribution in [2.45, 2.75) is 19.2 Å². The van der Waals surface area contributed by atoms with Crippen LogP contribution in [0.5, 0.6) is 11.5 Å². The number of aromatic nitrogens is 1. The van der Waals surface area contributed by atoms with Gasteiger partial charge in [0.1, 0.15) is 18.2 Å². The van der Waals surface area contributed by atoms with Gasteiger partial charge < -0.3 is 9.47 Å². The zero-order valence-corrected chi connectivity index (χ0v) is 22.5. The van der Waals surface area contributed by atoms with Crippen molar-refractivity contribution in [3.05, 3.63) is 111 Å². The van der Waals surface area contributed by atoms with Crippen LogP contribution in [0.15, 0.2) is 78.5 Å². The van der Waals surface area contributed by atoms with Gasteiger partial charge in [-0.2, -0.15) is 18.4 Å². The number of nitrogens with zero attached hydrogens (tertiary/aromatic N) is 2. The summed E-state index contributed by atoms with van der Waals surface area (Å²) in [6.45, 7) is 0.341. The number of methoxy groups -OCH3 is 1. The van der Waals surface area contributed by atoms with Gasteiger partial charge in [-0.15, -0.1) is 11.3 Å². The summed E-state index contributed by atoms with van der Waals surface area (Å²) in [4.78, 5) is 17.5. The molecule has 204 valence electrons. The summed E-state index contributed by atoms with van der Waals surface area (Å²) in [5, 5.41) is 12.5. The average Bonchev–Trinajstić information content (AvgIpc) is 3.38. The molecule has 0 aliphatic carbocycles. The SMILES string of the molecule is COc1cc(C=C(C#N)C(=O)Nc2ncc(Cc3cc(C(F)(F)F)ccc3Cl)s2)ccc1OCc1ccccc1. The van der Waals surface area contributed by atoms with Gasteiger partial charge in [-0.05, 0) is 53.1 Å². The molecule has 0 bridgehead atoms. The average molecular weight is 584 g/mol. The van der Waals surface area contributed by atoms with Gasteiger partial charge in [-0.3, -0.25) is 10.1 Å². The zero-order chi connectivity index (χ0) is 28.7. The molecule has 0 aliphatic rings. The number of rotatable bonds is 9. The van der Waals surface area contributed by atoms with Crippen molar-refractivity contribution in [2.75, 3.05) is 12.4 Å². The van der Waals surface area contributed by atoms with Gasteiger partial charge in [-0.1, -0.05) is 48.0 Å². The standard InChI is InChI=1S/C29H21ClF3N3O3S/c1-38-26-12-19(7-10-25(26)39-17-18-5-3-2-4-6-18)11-21(15-34)27(37)36-28-35-16-23(40-28)14-20-13-22(29(31,32)33)8-9-24(20)30/h2-13,16H,14,17H2,1H3,(H,35,36,37). The van der Waals surface area contributed by atoms with Crippen molar-refractivity contribution >= 4 is 40.1 Å². The Kier molecular flexibility index (Phi) is 9.09. The summed E-state index contributed by atoms with van der Waals surface area (Å²) in [7, 11) is 1.49. The highest BCUT2D eigenvalue weighted by molar-refractivity contribution is 7.15. The molecule has 0 unspecified atom stereocenters. The van der Waals surface area contributed by atoms with Crippen molar-refractivity contribution in [3.63, 3.8) is 0 Å². The van der Waals surface area contributed by atoms with E-state index in [1.54, 1.807) is 18.2 Å². The Bertz CT molecular complexity index is 1580. The normalized spacial score (nSPS) is 11.6. The van der Waals surface area contributed by atoms with E-state index < -0.39 is 17.6 Å². The molecule has 1 heterocycles. The molecule has 0 saturated carbocycles. The van der Waals surface area contributed by atoms with E-state index in [0.29, 0.717) is 28.5 Å². The van der Waals surface area contributed by atoms with Crippen molar-refractivity contribution in [1.29, 1.82) is 5.26 Å². The van der Waals surface area contributed by atoms with E-state index in [-0.39, 0.29) is 27.7 Å². The molecule has 1 N–H and O–H groups in total. The van der Waals surface area contributed by atoms with Crippen molar-refractivity contribution in [1.82, 2.24) is 4.98 Å². The number of amides is 1. The quantitative estimate of drug-likeness (QED) is 0.163. The first-order chi connectivity index (χ1) is 19.2. The summed E-state index contributed by atoms with van der Waals surface area (Å²) in [6, 6.07) is 19.6. The molecule has 0 saturated heterocycles. The van der Waals surface area contributed by atoms with Crippen LogP contribution in [0.4, 0.5) is 18.3 Å². The van der Waals surface area contributed by atoms with Crippen LogP contribution < -0.4 is 14.8 Å². The molecule has 0 atom stereocenters. The number of ether oxygens (including phenoxy) is 2. The lowest BCUT2D eigenvalue weighted by Crippen LogP contribution is -2.13. The first-order valence-electron chi connectivity index (χ1n) is 11.7. The highest BCUT2D eigenvalue weighted by Gasteiger charge is 2.31. The molecule has 40 heavy (non-hydrogen) atoms. The van der Waals surface area contributed by atoms with E-state index in [4.69, 9.17) is 21.1 Å². The molecule has 1 amide bonds. The number of halogens is 4. The fraction of sp³-hybridized carbons (Fsp3) is 0.138. The largest absolute Gasteiger partial charge is 0.493 e. The zero-order valence-electron chi connectivity index (χ0n) is 21.0. The summed E-state index contributed by atoms with van der Waals surface area (Å²) in [5.41, 5.74) is 0.814. The van der Waals surface area contributed by atoms with Gasteiger partial charge in [0.15, 0.2) is 16.6 Å². The van der Waals surface area contributed by atoms with E-state index in [1.807, 2.05) is 36.4 Å². The van der Waals surface area contributed by atoms with E-state index in [2.05, 4.69) is 10.3 Å². The third-order valence-corrected chi connectivity index (χ3v) is 6.89. The van der Waals surface area contributed by atoms with Crippen molar-refractivity contribution < 1.29 is 27.4 Å². The van der Waals surface area contributed by atoms with Crippen LogP contribution in [0.2, 0.25) is 5.02 Å². The topological polar surface area (TPSA) is 84.2 Å². The van der Waals surface area contributed by atoms with Crippen LogP contribution in [0.1, 0.15) is 27.1 Å². The summed E-state index contributed by atoms with van der Waals surface area (Å²) >= 11 is 7.16. The van der Waals surface area contributed by atoms with E-state index in [0.717, 1.165) is 29.0 Å². The molecular formula is C29H21ClF3N3O3S. The molecule has 11 heteroatoms. The number of nitriles is 1. The third-order valence-electron chi connectivity index (χ3n) is 5.61. The van der Waals surface area contributed by atoms with Crippen LogP contribution in [0.25, 0.3) is 6.08 Å². The molecule has 6 nitrogen and oxygen atoms in total. The predicted molar refractivity (Wildman–Crippen MR) is 147 cm³/mol. The second-order valence-electron chi connectivity index (χ2n) is 8.42. The lowest BCUT2D eigenvalue weighted by atomic mass is 10.1. The predicted octanol–water partition coefficient (Wildman–Crippen LogP) is 7.54. The van der Waals surface area contributed by atoms with Crippen LogP contribution in [-0.4, -0.2) is 18.0 Å². The monoisotopic (exact) mass is 583 g/mol. The molecule has 4 rings (SSSR count). The maximum atomic E-state index is 13.1.